The Balaban J connectivity index is 2.56. The summed E-state index contributed by atoms with van der Waals surface area (Å²) in [4.78, 5) is 2.26. The molecule has 16 heavy (non-hydrogen) atoms. The van der Waals surface area contributed by atoms with Crippen molar-refractivity contribution in [2.75, 3.05) is 18.8 Å². The van der Waals surface area contributed by atoms with Crippen LogP contribution in [0.2, 0.25) is 0 Å². The minimum absolute atomic E-state index is 0.277. The van der Waals surface area contributed by atoms with E-state index < -0.39 is 0 Å². The van der Waals surface area contributed by atoms with Crippen LogP contribution in [0.15, 0.2) is 24.3 Å². The zero-order valence-electron chi connectivity index (χ0n) is 10.2. The molecule has 0 radical (unpaired) electrons. The van der Waals surface area contributed by atoms with Crippen LogP contribution in [-0.2, 0) is 6.54 Å². The molecule has 3 N–H and O–H groups in total. The van der Waals surface area contributed by atoms with Crippen LogP contribution in [0, 0.1) is 0 Å². The van der Waals surface area contributed by atoms with Crippen LogP contribution >= 0.6 is 0 Å². The smallest absolute Gasteiger partial charge is 0.0639 e. The number of nitrogens with two attached hydrogens (primary N) is 1. The third kappa shape index (κ3) is 4.64. The summed E-state index contributed by atoms with van der Waals surface area (Å²) >= 11 is 0. The molecule has 0 aromatic heterocycles. The lowest BCUT2D eigenvalue weighted by molar-refractivity contribution is 0.122. The molecule has 0 aliphatic rings. The lowest BCUT2D eigenvalue weighted by Crippen LogP contribution is -2.31. The Morgan fingerprint density at radius 1 is 1.31 bits per heavy atom. The minimum Gasteiger partial charge on any atom is -0.399 e. The summed E-state index contributed by atoms with van der Waals surface area (Å²) in [7, 11) is 0. The highest BCUT2D eigenvalue weighted by atomic mass is 16.3. The molecular weight excluding hydrogens is 200 g/mol. The first-order chi connectivity index (χ1) is 7.61. The van der Waals surface area contributed by atoms with Crippen molar-refractivity contribution in [3.05, 3.63) is 29.8 Å². The second kappa shape index (κ2) is 6.51. The monoisotopic (exact) mass is 222 g/mol. The predicted molar refractivity (Wildman–Crippen MR) is 68.1 cm³/mol. The molecule has 0 aliphatic carbocycles. The summed E-state index contributed by atoms with van der Waals surface area (Å²) in [5, 5.41) is 9.41. The lowest BCUT2D eigenvalue weighted by atomic mass is 10.2. The first-order valence-electron chi connectivity index (χ1n) is 5.86. The quantitative estimate of drug-likeness (QED) is 0.722. The van der Waals surface area contributed by atoms with Gasteiger partial charge in [-0.25, -0.2) is 0 Å². The number of rotatable bonds is 6. The van der Waals surface area contributed by atoms with Gasteiger partial charge in [-0.2, -0.15) is 0 Å². The van der Waals surface area contributed by atoms with Gasteiger partial charge in [0.05, 0.1) is 6.10 Å². The molecule has 0 spiro atoms. The standard InChI is InChI=1S/C13H22N2O/c1-3-8-15(9-11(2)16)10-12-4-6-13(14)7-5-12/h4-7,11,16H,3,8-10,14H2,1-2H3. The molecule has 0 saturated heterocycles. The van der Waals surface area contributed by atoms with Gasteiger partial charge >= 0.3 is 0 Å². The molecule has 0 fully saturated rings. The number of nitrogen functional groups attached to an aromatic ring is 1. The van der Waals surface area contributed by atoms with Crippen molar-refractivity contribution in [3.63, 3.8) is 0 Å². The topological polar surface area (TPSA) is 49.5 Å². The zero-order valence-corrected chi connectivity index (χ0v) is 10.2. The highest BCUT2D eigenvalue weighted by Crippen LogP contribution is 2.09. The van der Waals surface area contributed by atoms with Crippen LogP contribution in [0.1, 0.15) is 25.8 Å². The van der Waals surface area contributed by atoms with Crippen molar-refractivity contribution in [2.24, 2.45) is 0 Å². The highest BCUT2D eigenvalue weighted by molar-refractivity contribution is 5.39. The molecule has 3 heteroatoms. The Kier molecular flexibility index (Phi) is 5.29. The van der Waals surface area contributed by atoms with Gasteiger partial charge in [0.25, 0.3) is 0 Å². The molecule has 1 unspecified atom stereocenters. The molecule has 0 amide bonds. The maximum Gasteiger partial charge on any atom is 0.0639 e. The predicted octanol–water partition coefficient (Wildman–Crippen LogP) is 1.86. The fraction of sp³-hybridized carbons (Fsp3) is 0.538. The molecule has 1 aromatic rings. The van der Waals surface area contributed by atoms with E-state index in [-0.39, 0.29) is 6.10 Å². The highest BCUT2D eigenvalue weighted by Gasteiger charge is 2.07. The third-order valence-corrected chi connectivity index (χ3v) is 2.45. The molecule has 0 bridgehead atoms. The van der Waals surface area contributed by atoms with Gasteiger partial charge in [0, 0.05) is 18.8 Å². The van der Waals surface area contributed by atoms with E-state index in [1.165, 1.54) is 5.56 Å². The second-order valence-corrected chi connectivity index (χ2v) is 4.33. The molecule has 0 aliphatic heterocycles. The van der Waals surface area contributed by atoms with Crippen molar-refractivity contribution < 1.29 is 5.11 Å². The number of anilines is 1. The van der Waals surface area contributed by atoms with E-state index >= 15 is 0 Å². The largest absolute Gasteiger partial charge is 0.399 e. The summed E-state index contributed by atoms with van der Waals surface area (Å²) in [6.07, 6.45) is 0.821. The molecule has 0 saturated carbocycles. The molecule has 1 atom stereocenters. The summed E-state index contributed by atoms with van der Waals surface area (Å²) < 4.78 is 0. The van der Waals surface area contributed by atoms with Crippen LogP contribution in [0.5, 0.6) is 0 Å². The Labute approximate surface area is 97.9 Å². The van der Waals surface area contributed by atoms with Gasteiger partial charge in [0.1, 0.15) is 0 Å². The fourth-order valence-corrected chi connectivity index (χ4v) is 1.81. The molecule has 3 nitrogen and oxygen atoms in total. The van der Waals surface area contributed by atoms with Crippen molar-refractivity contribution in [3.8, 4) is 0 Å². The number of aliphatic hydroxyl groups excluding tert-OH is 1. The normalized spacial score (nSPS) is 13.0. The fourth-order valence-electron chi connectivity index (χ4n) is 1.81. The number of aliphatic hydroxyl groups is 1. The van der Waals surface area contributed by atoms with E-state index in [1.807, 2.05) is 31.2 Å². The van der Waals surface area contributed by atoms with Gasteiger partial charge in [-0.1, -0.05) is 19.1 Å². The van der Waals surface area contributed by atoms with E-state index in [1.54, 1.807) is 0 Å². The average molecular weight is 222 g/mol. The molecule has 90 valence electrons. The van der Waals surface area contributed by atoms with Crippen LogP contribution < -0.4 is 5.73 Å². The maximum atomic E-state index is 9.41. The van der Waals surface area contributed by atoms with Gasteiger partial charge in [0.2, 0.25) is 0 Å². The van der Waals surface area contributed by atoms with Crippen molar-refractivity contribution in [1.82, 2.24) is 4.90 Å². The maximum absolute atomic E-state index is 9.41. The molecule has 0 heterocycles. The van der Waals surface area contributed by atoms with E-state index in [0.717, 1.165) is 31.7 Å². The minimum atomic E-state index is -0.277. The summed E-state index contributed by atoms with van der Waals surface area (Å²) in [6.45, 7) is 6.58. The van der Waals surface area contributed by atoms with Crippen LogP contribution in [0.25, 0.3) is 0 Å². The van der Waals surface area contributed by atoms with E-state index in [2.05, 4.69) is 11.8 Å². The van der Waals surface area contributed by atoms with Gasteiger partial charge in [-0.05, 0) is 37.6 Å². The van der Waals surface area contributed by atoms with E-state index in [0.29, 0.717) is 0 Å². The first-order valence-corrected chi connectivity index (χ1v) is 5.86. The van der Waals surface area contributed by atoms with Crippen LogP contribution in [0.4, 0.5) is 5.69 Å². The Morgan fingerprint density at radius 3 is 2.44 bits per heavy atom. The van der Waals surface area contributed by atoms with Crippen molar-refractivity contribution >= 4 is 5.69 Å². The Hall–Kier alpha value is -1.06. The van der Waals surface area contributed by atoms with Crippen LogP contribution in [0.3, 0.4) is 0 Å². The number of hydrogen-bond donors (Lipinski definition) is 2. The van der Waals surface area contributed by atoms with Gasteiger partial charge in [-0.3, -0.25) is 4.90 Å². The Morgan fingerprint density at radius 2 is 1.94 bits per heavy atom. The molecular formula is C13H22N2O. The number of nitrogens with zero attached hydrogens (tertiary/aromatic N) is 1. The van der Waals surface area contributed by atoms with Gasteiger partial charge in [0.15, 0.2) is 0 Å². The van der Waals surface area contributed by atoms with E-state index in [4.69, 9.17) is 5.73 Å². The zero-order chi connectivity index (χ0) is 12.0. The number of hydrogen-bond acceptors (Lipinski definition) is 3. The average Bonchev–Trinajstić information content (AvgIpc) is 2.21. The molecule has 1 rings (SSSR count). The first kappa shape index (κ1) is 13.0. The summed E-state index contributed by atoms with van der Waals surface area (Å²) in [5.41, 5.74) is 7.68. The summed E-state index contributed by atoms with van der Waals surface area (Å²) in [6, 6.07) is 7.92. The third-order valence-electron chi connectivity index (χ3n) is 2.45. The van der Waals surface area contributed by atoms with Crippen molar-refractivity contribution in [2.45, 2.75) is 32.9 Å². The SMILES string of the molecule is CCCN(Cc1ccc(N)cc1)CC(C)O. The Bertz CT molecular complexity index is 295. The van der Waals surface area contributed by atoms with Gasteiger partial charge < -0.3 is 10.8 Å². The second-order valence-electron chi connectivity index (χ2n) is 4.33. The lowest BCUT2D eigenvalue weighted by Gasteiger charge is -2.23. The van der Waals surface area contributed by atoms with Crippen LogP contribution in [-0.4, -0.2) is 29.2 Å². The van der Waals surface area contributed by atoms with E-state index in [9.17, 15) is 5.11 Å². The number of benzene rings is 1. The van der Waals surface area contributed by atoms with Gasteiger partial charge in [-0.15, -0.1) is 0 Å². The molecule has 1 aromatic carbocycles. The summed E-state index contributed by atoms with van der Waals surface area (Å²) in [5.74, 6) is 0. The van der Waals surface area contributed by atoms with Crippen molar-refractivity contribution in [1.29, 1.82) is 0 Å².